The van der Waals surface area contributed by atoms with Crippen LogP contribution in [0.15, 0.2) is 0 Å². The molecular weight excluding hydrogens is 565 g/mol. The molecule has 0 aliphatic rings. The first kappa shape index (κ1) is 20.3. The third kappa shape index (κ3) is 14.1. The van der Waals surface area contributed by atoms with Crippen LogP contribution in [-0.4, -0.2) is 15.3 Å². The van der Waals surface area contributed by atoms with Crippen LogP contribution in [0.3, 0.4) is 0 Å². The van der Waals surface area contributed by atoms with E-state index in [0.717, 1.165) is 0 Å². The quantitative estimate of drug-likeness (QED) is 0.273. The molecule has 1 N–H and O–H groups in total. The van der Waals surface area contributed by atoms with Crippen molar-refractivity contribution < 1.29 is 9.90 Å². The van der Waals surface area contributed by atoms with E-state index in [2.05, 4.69) is 87.3 Å². The number of halogens is 3. The van der Waals surface area contributed by atoms with E-state index >= 15 is 0 Å². The molecule has 0 fully saturated rings. The van der Waals surface area contributed by atoms with Crippen molar-refractivity contribution in [2.45, 2.75) is 44.7 Å². The molecule has 2 nitrogen and oxygen atoms in total. The van der Waals surface area contributed by atoms with Crippen LogP contribution in [0.1, 0.15) is 40.5 Å². The zero-order valence-corrected chi connectivity index (χ0v) is 17.3. The summed E-state index contributed by atoms with van der Waals surface area (Å²) < 4.78 is 0.0356. The van der Waals surface area contributed by atoms with E-state index in [-0.39, 0.29) is 0 Å². The van der Waals surface area contributed by atoms with Crippen molar-refractivity contribution in [2.75, 3.05) is 0 Å². The van der Waals surface area contributed by atoms with Gasteiger partial charge in [0.25, 0.3) is 0 Å². The van der Waals surface area contributed by atoms with E-state index in [0.29, 0.717) is -0.565 Å². The van der Waals surface area contributed by atoms with Crippen LogP contribution in [0.5, 0.6) is 0 Å². The average Bonchev–Trinajstić information content (AvgIpc) is 1.99. The lowest BCUT2D eigenvalue weighted by Crippen LogP contribution is -2.29. The molecule has 0 spiro atoms. The van der Waals surface area contributed by atoms with Crippen molar-refractivity contribution in [1.29, 1.82) is 0 Å². The predicted molar refractivity (Wildman–Crippen MR) is 99.6 cm³/mol. The van der Waals surface area contributed by atoms with Crippen LogP contribution in [0, 0.1) is 5.92 Å². The van der Waals surface area contributed by atoms with E-state index in [1.54, 1.807) is 20.8 Å². The van der Waals surface area contributed by atoms with Crippen LogP contribution < -0.4 is 0 Å². The molecule has 0 aromatic rings. The molecule has 6 heteroatoms. The number of alkyl halides is 3. The van der Waals surface area contributed by atoms with Crippen LogP contribution in [0.25, 0.3) is 0 Å². The predicted octanol–water partition coefficient (Wildman–Crippen LogP) is 5.16. The highest BCUT2D eigenvalue weighted by Crippen LogP contribution is 2.39. The number of carboxylic acids is 1. The first-order chi connectivity index (χ1) is 6.91. The van der Waals surface area contributed by atoms with E-state index in [1.165, 1.54) is 12.8 Å². The van der Waals surface area contributed by atoms with E-state index in [1.807, 2.05) is 0 Å². The Morgan fingerprint density at radius 2 is 1.75 bits per heavy atom. The largest absolute Gasteiger partial charge is 0.481 e. The molecule has 0 heterocycles. The first-order valence-electron chi connectivity index (χ1n) is 4.93. The second kappa shape index (κ2) is 9.00. The number of hydrogen-bond donors (Lipinski definition) is 2. The van der Waals surface area contributed by atoms with Gasteiger partial charge in [-0.25, -0.2) is 0 Å². The van der Waals surface area contributed by atoms with Gasteiger partial charge in [-0.15, -0.1) is 0 Å². The zero-order chi connectivity index (χ0) is 13.6. The van der Waals surface area contributed by atoms with Crippen molar-refractivity contribution in [2.24, 2.45) is 5.92 Å². The van der Waals surface area contributed by atoms with Gasteiger partial charge >= 0.3 is 5.97 Å². The molecule has 0 saturated heterocycles. The topological polar surface area (TPSA) is 37.3 Å². The molecule has 0 amide bonds. The third-order valence-electron chi connectivity index (χ3n) is 1.96. The Balaban J connectivity index is 0. The highest BCUT2D eigenvalue weighted by atomic mass is 127. The first-order valence-corrected chi connectivity index (χ1v) is 8.62. The standard InChI is InChI=1S/C6H12O2S.C4H7I3/c1-4(5(7)8)6(2,3)9;1-2-3-4(5,6)7/h4,9H,1-3H3,(H,7,8);2-3H2,1H3. The van der Waals surface area contributed by atoms with Gasteiger partial charge in [0.15, 0.2) is 0 Å². The maximum absolute atomic E-state index is 10.3. The van der Waals surface area contributed by atoms with Crippen LogP contribution in [0.2, 0.25) is 0 Å². The zero-order valence-electron chi connectivity index (χ0n) is 9.93. The van der Waals surface area contributed by atoms with Gasteiger partial charge in [-0.2, -0.15) is 12.6 Å². The van der Waals surface area contributed by atoms with E-state index in [9.17, 15) is 4.79 Å². The fourth-order valence-electron chi connectivity index (χ4n) is 0.586. The summed E-state index contributed by atoms with van der Waals surface area (Å²) in [5.41, 5.74) is 0. The Hall–Kier alpha value is 2.01. The summed E-state index contributed by atoms with van der Waals surface area (Å²) in [4.78, 5) is 10.3. The highest BCUT2D eigenvalue weighted by Gasteiger charge is 2.26. The minimum Gasteiger partial charge on any atom is -0.481 e. The van der Waals surface area contributed by atoms with Crippen LogP contribution in [-0.2, 0) is 4.79 Å². The molecule has 0 bridgehead atoms. The summed E-state index contributed by atoms with van der Waals surface area (Å²) in [6, 6.07) is 0. The van der Waals surface area contributed by atoms with Crippen molar-refractivity contribution in [1.82, 2.24) is 0 Å². The molecule has 0 aromatic heterocycles. The summed E-state index contributed by atoms with van der Waals surface area (Å²) in [5.74, 6) is -1.20. The van der Waals surface area contributed by atoms with Crippen molar-refractivity contribution in [3.63, 3.8) is 0 Å². The Labute approximate surface area is 145 Å². The number of carboxylic acid groups (broad SMARTS) is 1. The lowest BCUT2D eigenvalue weighted by molar-refractivity contribution is -0.141. The minimum absolute atomic E-state index is 0.402. The maximum atomic E-state index is 10.3. The number of carbonyl (C=O) groups is 1. The van der Waals surface area contributed by atoms with Gasteiger partial charge in [-0.3, -0.25) is 4.79 Å². The summed E-state index contributed by atoms with van der Waals surface area (Å²) in [5, 5.41) is 8.47. The van der Waals surface area contributed by atoms with Crippen molar-refractivity contribution >= 4 is 86.4 Å². The Morgan fingerprint density at radius 3 is 1.75 bits per heavy atom. The van der Waals surface area contributed by atoms with Gasteiger partial charge in [0.2, 0.25) is 0 Å². The van der Waals surface area contributed by atoms with Crippen LogP contribution >= 0.6 is 80.4 Å². The molecule has 98 valence electrons. The lowest BCUT2D eigenvalue weighted by Gasteiger charge is -2.21. The molecule has 16 heavy (non-hydrogen) atoms. The molecule has 0 radical (unpaired) electrons. The van der Waals surface area contributed by atoms with Gasteiger partial charge in [0.1, 0.15) is -0.565 Å². The summed E-state index contributed by atoms with van der Waals surface area (Å²) in [7, 11) is 0. The Kier molecular flexibility index (Phi) is 11.4. The van der Waals surface area contributed by atoms with Crippen molar-refractivity contribution in [3.8, 4) is 0 Å². The van der Waals surface area contributed by atoms with Gasteiger partial charge in [-0.1, -0.05) is 102 Å². The number of aliphatic carboxylic acids is 1. The van der Waals surface area contributed by atoms with E-state index in [4.69, 9.17) is 5.11 Å². The SMILES string of the molecule is CC(C(=O)O)C(C)(C)S.CCCC(I)(I)I. The molecular formula is C10H19I3O2S. The van der Waals surface area contributed by atoms with Gasteiger partial charge in [-0.05, 0) is 6.42 Å². The van der Waals surface area contributed by atoms with E-state index < -0.39 is 16.6 Å². The van der Waals surface area contributed by atoms with Crippen molar-refractivity contribution in [3.05, 3.63) is 0 Å². The summed E-state index contributed by atoms with van der Waals surface area (Å²) in [6.45, 7) is 7.43. The second-order valence-corrected chi connectivity index (χ2v) is 16.9. The van der Waals surface area contributed by atoms with Gasteiger partial charge in [0, 0.05) is 4.75 Å². The summed E-state index contributed by atoms with van der Waals surface area (Å²) >= 11 is 11.5. The molecule has 1 unspecified atom stereocenters. The molecule has 0 aliphatic heterocycles. The van der Waals surface area contributed by atoms with Crippen LogP contribution in [0.4, 0.5) is 0 Å². The molecule has 0 rings (SSSR count). The monoisotopic (exact) mass is 584 g/mol. The third-order valence-corrected chi connectivity index (χ3v) is 3.97. The Morgan fingerprint density at radius 1 is 1.38 bits per heavy atom. The normalized spacial score (nSPS) is 13.8. The highest BCUT2D eigenvalue weighted by molar-refractivity contribution is 14.3. The molecule has 1 atom stereocenters. The number of rotatable bonds is 4. The second-order valence-electron chi connectivity index (χ2n) is 4.08. The van der Waals surface area contributed by atoms with Gasteiger partial charge < -0.3 is 5.11 Å². The fourth-order valence-corrected chi connectivity index (χ4v) is 2.31. The minimum atomic E-state index is -0.796. The average molecular weight is 584 g/mol. The molecule has 0 aromatic carbocycles. The van der Waals surface area contributed by atoms with Gasteiger partial charge in [0.05, 0.1) is 5.92 Å². The molecule has 0 aliphatic carbocycles. The maximum Gasteiger partial charge on any atom is 0.307 e. The molecule has 0 saturated carbocycles. The fraction of sp³-hybridized carbons (Fsp3) is 0.900. The number of hydrogen-bond acceptors (Lipinski definition) is 2. The number of thiol groups is 1. The Bertz CT molecular complexity index is 209. The lowest BCUT2D eigenvalue weighted by atomic mass is 9.97. The summed E-state index contributed by atoms with van der Waals surface area (Å²) in [6.07, 6.45) is 2.59. The smallest absolute Gasteiger partial charge is 0.307 e.